The monoisotopic (exact) mass is 399 g/mol. The average molecular weight is 399 g/mol. The number of amides is 2. The van der Waals surface area contributed by atoms with Crippen molar-refractivity contribution in [3.05, 3.63) is 24.0 Å². The summed E-state index contributed by atoms with van der Waals surface area (Å²) in [6.45, 7) is 10.7. The molecule has 1 aliphatic rings. The highest BCUT2D eigenvalue weighted by molar-refractivity contribution is 8.02. The van der Waals surface area contributed by atoms with Crippen molar-refractivity contribution in [2.45, 2.75) is 52.7 Å². The van der Waals surface area contributed by atoms with E-state index in [0.29, 0.717) is 12.2 Å². The number of fused-ring (bicyclic) bond motifs is 1. The topological polar surface area (TPSA) is 71.1 Å². The summed E-state index contributed by atoms with van der Waals surface area (Å²) in [6, 6.07) is 4.39. The minimum Gasteiger partial charge on any atom is -0.443 e. The van der Waals surface area contributed by atoms with Crippen molar-refractivity contribution in [2.24, 2.45) is 0 Å². The highest BCUT2D eigenvalue weighted by Gasteiger charge is 2.32. The zero-order valence-electron chi connectivity index (χ0n) is 16.5. The highest BCUT2D eigenvalue weighted by atomic mass is 32.2. The first kappa shape index (κ1) is 21.1. The number of imide groups is 1. The van der Waals surface area contributed by atoms with Crippen molar-refractivity contribution in [1.82, 2.24) is 4.90 Å². The normalized spacial score (nSPS) is 13.7. The summed E-state index contributed by atoms with van der Waals surface area (Å²) >= 11 is 1.26. The van der Waals surface area contributed by atoms with Crippen LogP contribution < -0.4 is 9.03 Å². The van der Waals surface area contributed by atoms with Gasteiger partial charge in [-0.1, -0.05) is 0 Å². The molecule has 9 heteroatoms. The van der Waals surface area contributed by atoms with Crippen LogP contribution in [-0.4, -0.2) is 41.4 Å². The van der Waals surface area contributed by atoms with E-state index in [1.807, 2.05) is 4.31 Å². The number of anilines is 2. The second kappa shape index (κ2) is 7.84. The number of halogens is 1. The van der Waals surface area contributed by atoms with E-state index in [4.69, 9.17) is 9.47 Å². The Labute approximate surface area is 163 Å². The van der Waals surface area contributed by atoms with Gasteiger partial charge < -0.3 is 14.2 Å². The lowest BCUT2D eigenvalue weighted by atomic mass is 10.2. The molecule has 0 saturated carbocycles. The van der Waals surface area contributed by atoms with E-state index in [0.717, 1.165) is 10.6 Å². The summed E-state index contributed by atoms with van der Waals surface area (Å²) in [6.07, 6.45) is -1.54. The molecule has 0 spiro atoms. The van der Waals surface area contributed by atoms with Gasteiger partial charge in [0.15, 0.2) is 0 Å². The number of ether oxygens (including phenoxy) is 2. The van der Waals surface area contributed by atoms with Crippen molar-refractivity contribution in [3.63, 3.8) is 0 Å². The number of benzene rings is 1. The molecule has 0 atom stereocenters. The van der Waals surface area contributed by atoms with Crippen molar-refractivity contribution < 1.29 is 23.5 Å². The van der Waals surface area contributed by atoms with E-state index in [2.05, 4.69) is 4.72 Å². The van der Waals surface area contributed by atoms with E-state index in [1.165, 1.54) is 24.3 Å². The maximum Gasteiger partial charge on any atom is 0.419 e. The lowest BCUT2D eigenvalue weighted by Gasteiger charge is -2.29. The molecule has 1 heterocycles. The molecule has 2 amide bonds. The van der Waals surface area contributed by atoms with Crippen LogP contribution in [0.4, 0.5) is 25.4 Å². The van der Waals surface area contributed by atoms with Gasteiger partial charge in [-0.25, -0.2) is 18.9 Å². The molecule has 0 saturated heterocycles. The van der Waals surface area contributed by atoms with Gasteiger partial charge in [0.05, 0.1) is 30.1 Å². The van der Waals surface area contributed by atoms with Crippen LogP contribution in [0.15, 0.2) is 18.2 Å². The number of carbonyl (C=O) groups is 2. The summed E-state index contributed by atoms with van der Waals surface area (Å²) in [5, 5.41) is 0. The van der Waals surface area contributed by atoms with Gasteiger partial charge in [-0.2, -0.15) is 0 Å². The van der Waals surface area contributed by atoms with Crippen molar-refractivity contribution in [1.29, 1.82) is 0 Å². The van der Waals surface area contributed by atoms with Crippen LogP contribution in [-0.2, 0) is 9.47 Å². The number of rotatable bonds is 3. The molecule has 0 aliphatic carbocycles. The maximum atomic E-state index is 13.3. The van der Waals surface area contributed by atoms with Crippen LogP contribution in [0, 0.1) is 5.82 Å². The molecule has 0 aromatic heterocycles. The van der Waals surface area contributed by atoms with Gasteiger partial charge in [-0.05, 0) is 53.7 Å². The van der Waals surface area contributed by atoms with E-state index < -0.39 is 23.4 Å². The molecular formula is C18H26FN3O4S. The summed E-state index contributed by atoms with van der Waals surface area (Å²) < 4.78 is 28.8. The predicted molar refractivity (Wildman–Crippen MR) is 104 cm³/mol. The summed E-state index contributed by atoms with van der Waals surface area (Å²) in [5.41, 5.74) is -0.0765. The summed E-state index contributed by atoms with van der Waals surface area (Å²) in [4.78, 5) is 25.9. The molecule has 7 nitrogen and oxygen atoms in total. The standard InChI is InChI=1S/C18H26FN3O4S/c1-17(2,3)25-15(23)21(16(24)26-18(4,5)6)9-10-22-14-8-7-12(19)11-13(14)20-27-22/h7-8,11,20H,9-10H2,1-6H3. The Morgan fingerprint density at radius 1 is 1.11 bits per heavy atom. The third kappa shape index (κ3) is 6.20. The Balaban J connectivity index is 2.10. The van der Waals surface area contributed by atoms with E-state index in [9.17, 15) is 14.0 Å². The first-order valence-corrected chi connectivity index (χ1v) is 9.37. The van der Waals surface area contributed by atoms with Gasteiger partial charge >= 0.3 is 12.2 Å². The number of nitrogens with zero attached hydrogens (tertiary/aromatic N) is 2. The smallest absolute Gasteiger partial charge is 0.419 e. The molecule has 1 N–H and O–H groups in total. The van der Waals surface area contributed by atoms with Crippen LogP contribution in [0.3, 0.4) is 0 Å². The van der Waals surface area contributed by atoms with E-state index >= 15 is 0 Å². The molecule has 150 valence electrons. The molecule has 27 heavy (non-hydrogen) atoms. The maximum absolute atomic E-state index is 13.3. The Kier molecular flexibility index (Phi) is 6.14. The van der Waals surface area contributed by atoms with Crippen LogP contribution in [0.1, 0.15) is 41.5 Å². The summed E-state index contributed by atoms with van der Waals surface area (Å²) in [7, 11) is 0. The predicted octanol–water partition coefficient (Wildman–Crippen LogP) is 4.79. The number of hydrogen-bond donors (Lipinski definition) is 1. The molecule has 1 aromatic rings. The van der Waals surface area contributed by atoms with Gasteiger partial charge in [-0.15, -0.1) is 0 Å². The van der Waals surface area contributed by atoms with Crippen molar-refractivity contribution in [2.75, 3.05) is 22.1 Å². The fourth-order valence-electron chi connectivity index (χ4n) is 2.21. The Morgan fingerprint density at radius 2 is 1.67 bits per heavy atom. The van der Waals surface area contributed by atoms with Gasteiger partial charge in [0.25, 0.3) is 0 Å². The Hall–Kier alpha value is -2.16. The van der Waals surface area contributed by atoms with Gasteiger partial charge in [0.2, 0.25) is 0 Å². The molecule has 0 radical (unpaired) electrons. The van der Waals surface area contributed by atoms with E-state index in [-0.39, 0.29) is 12.4 Å². The minimum atomic E-state index is -0.770. The Bertz CT molecular complexity index is 688. The summed E-state index contributed by atoms with van der Waals surface area (Å²) in [5.74, 6) is -0.340. The number of hydrogen-bond acceptors (Lipinski definition) is 7. The first-order chi connectivity index (χ1) is 12.4. The van der Waals surface area contributed by atoms with Crippen LogP contribution in [0.5, 0.6) is 0 Å². The quantitative estimate of drug-likeness (QED) is 0.733. The molecule has 0 bridgehead atoms. The fraction of sp³-hybridized carbons (Fsp3) is 0.556. The number of carbonyl (C=O) groups excluding carboxylic acids is 2. The van der Waals surface area contributed by atoms with Gasteiger partial charge in [0, 0.05) is 12.6 Å². The second-order valence-corrected chi connectivity index (χ2v) is 8.90. The zero-order chi connectivity index (χ0) is 20.4. The fourth-order valence-corrected chi connectivity index (χ4v) is 3.01. The average Bonchev–Trinajstić information content (AvgIpc) is 2.86. The number of nitrogens with one attached hydrogen (secondary N) is 1. The third-order valence-corrected chi connectivity index (χ3v) is 4.16. The zero-order valence-corrected chi connectivity index (χ0v) is 17.3. The third-order valence-electron chi connectivity index (χ3n) is 3.25. The molecule has 1 aliphatic heterocycles. The van der Waals surface area contributed by atoms with Gasteiger partial charge in [-0.3, -0.25) is 4.31 Å². The van der Waals surface area contributed by atoms with Gasteiger partial charge in [0.1, 0.15) is 17.0 Å². The van der Waals surface area contributed by atoms with Crippen LogP contribution in [0.2, 0.25) is 0 Å². The SMILES string of the molecule is CC(C)(C)OC(=O)N(CCN1SNc2cc(F)ccc21)C(=O)OC(C)(C)C. The lowest BCUT2D eigenvalue weighted by Crippen LogP contribution is -2.46. The molecule has 2 rings (SSSR count). The molecule has 1 aromatic carbocycles. The van der Waals surface area contributed by atoms with Crippen LogP contribution >= 0.6 is 12.1 Å². The largest absolute Gasteiger partial charge is 0.443 e. The van der Waals surface area contributed by atoms with Crippen LogP contribution in [0.25, 0.3) is 0 Å². The molecular weight excluding hydrogens is 373 g/mol. The van der Waals surface area contributed by atoms with E-state index in [1.54, 1.807) is 47.6 Å². The first-order valence-electron chi connectivity index (χ1n) is 8.59. The molecule has 0 fully saturated rings. The van der Waals surface area contributed by atoms with Crippen molar-refractivity contribution in [3.8, 4) is 0 Å². The Morgan fingerprint density at radius 3 is 2.19 bits per heavy atom. The second-order valence-electron chi connectivity index (χ2n) is 8.07. The van der Waals surface area contributed by atoms with Crippen molar-refractivity contribution >= 4 is 35.7 Å². The minimum absolute atomic E-state index is 0.0509. The highest BCUT2D eigenvalue weighted by Crippen LogP contribution is 2.39. The molecule has 0 unspecified atom stereocenters. The lowest BCUT2D eigenvalue weighted by molar-refractivity contribution is 0.00215.